The van der Waals surface area contributed by atoms with E-state index < -0.39 is 5.54 Å². The lowest BCUT2D eigenvalue weighted by atomic mass is 9.95. The normalized spacial score (nSPS) is 19.7. The van der Waals surface area contributed by atoms with E-state index in [9.17, 15) is 9.18 Å². The number of aryl methyl sites for hydroxylation is 1. The SMILES string of the molecule is Cc1nc(NCc2cnn(Cc3ccc(F)cc3)c2)nc2c1NC(=O)[C@@]1(C)CCCN21. The number of amides is 1. The van der Waals surface area contributed by atoms with Crippen LogP contribution in [0.2, 0.25) is 0 Å². The number of aromatic nitrogens is 4. The average molecular weight is 421 g/mol. The van der Waals surface area contributed by atoms with Crippen LogP contribution in [-0.2, 0) is 17.9 Å². The molecule has 2 N–H and O–H groups in total. The van der Waals surface area contributed by atoms with Gasteiger partial charge in [0.2, 0.25) is 11.9 Å². The van der Waals surface area contributed by atoms with E-state index in [0.717, 1.165) is 42.0 Å². The molecule has 160 valence electrons. The third kappa shape index (κ3) is 3.49. The van der Waals surface area contributed by atoms with Crippen molar-refractivity contribution in [3.8, 4) is 0 Å². The molecule has 0 radical (unpaired) electrons. The highest BCUT2D eigenvalue weighted by Crippen LogP contribution is 2.42. The molecule has 9 heteroatoms. The standard InChI is InChI=1S/C22H24FN7O/c1-14-18-19(30-9-3-8-22(30,2)20(31)27-18)28-21(26-14)24-10-16-11-25-29(13-16)12-15-4-6-17(23)7-5-15/h4-7,11,13H,3,8-10,12H2,1-2H3,(H,27,31)(H,24,26,28)/t22-/m1/s1. The first-order chi connectivity index (χ1) is 14.9. The van der Waals surface area contributed by atoms with Crippen LogP contribution in [0.5, 0.6) is 0 Å². The molecule has 4 heterocycles. The molecule has 0 spiro atoms. The Labute approximate surface area is 179 Å². The van der Waals surface area contributed by atoms with E-state index in [1.165, 1.54) is 12.1 Å². The number of carbonyl (C=O) groups excluding carboxylic acids is 1. The Bertz CT molecular complexity index is 1140. The Balaban J connectivity index is 1.31. The Hall–Kier alpha value is -3.49. The minimum absolute atomic E-state index is 0.0125. The molecular weight excluding hydrogens is 397 g/mol. The number of carbonyl (C=O) groups is 1. The molecule has 0 saturated carbocycles. The maximum atomic E-state index is 13.1. The zero-order valence-electron chi connectivity index (χ0n) is 17.5. The van der Waals surface area contributed by atoms with Crippen LogP contribution in [0.3, 0.4) is 0 Å². The molecule has 8 nitrogen and oxygen atoms in total. The average Bonchev–Trinajstić information content (AvgIpc) is 3.37. The molecule has 0 aliphatic carbocycles. The molecule has 2 aromatic heterocycles. The highest BCUT2D eigenvalue weighted by atomic mass is 19.1. The maximum Gasteiger partial charge on any atom is 0.250 e. The smallest absolute Gasteiger partial charge is 0.250 e. The van der Waals surface area contributed by atoms with Gasteiger partial charge >= 0.3 is 0 Å². The second kappa shape index (κ2) is 7.33. The van der Waals surface area contributed by atoms with Gasteiger partial charge in [0, 0.05) is 24.8 Å². The van der Waals surface area contributed by atoms with Gasteiger partial charge in [-0.2, -0.15) is 10.1 Å². The molecule has 1 fully saturated rings. The van der Waals surface area contributed by atoms with Crippen molar-refractivity contribution in [3.63, 3.8) is 0 Å². The van der Waals surface area contributed by atoms with Crippen LogP contribution in [0.15, 0.2) is 36.7 Å². The number of hydrogen-bond donors (Lipinski definition) is 2. The van der Waals surface area contributed by atoms with Gasteiger partial charge < -0.3 is 15.5 Å². The van der Waals surface area contributed by atoms with E-state index in [2.05, 4.69) is 25.6 Å². The molecule has 1 saturated heterocycles. The summed E-state index contributed by atoms with van der Waals surface area (Å²) in [6, 6.07) is 6.41. The summed E-state index contributed by atoms with van der Waals surface area (Å²) >= 11 is 0. The molecule has 2 aliphatic rings. The third-order valence-corrected chi connectivity index (χ3v) is 6.09. The lowest BCUT2D eigenvalue weighted by Crippen LogP contribution is -2.54. The summed E-state index contributed by atoms with van der Waals surface area (Å²) in [5.74, 6) is 1.07. The highest BCUT2D eigenvalue weighted by molar-refractivity contribution is 6.06. The quantitative estimate of drug-likeness (QED) is 0.658. The number of benzene rings is 1. The van der Waals surface area contributed by atoms with Crippen molar-refractivity contribution in [2.24, 2.45) is 0 Å². The van der Waals surface area contributed by atoms with Crippen LogP contribution in [0.25, 0.3) is 0 Å². The van der Waals surface area contributed by atoms with E-state index in [1.54, 1.807) is 18.3 Å². The fourth-order valence-electron chi connectivity index (χ4n) is 4.31. The molecule has 5 rings (SSSR count). The first-order valence-electron chi connectivity index (χ1n) is 10.4. The lowest BCUT2D eigenvalue weighted by molar-refractivity contribution is -0.120. The van der Waals surface area contributed by atoms with Gasteiger partial charge in [-0.3, -0.25) is 9.48 Å². The number of hydrogen-bond acceptors (Lipinski definition) is 6. The molecule has 3 aromatic rings. The second-order valence-electron chi connectivity index (χ2n) is 8.34. The molecule has 2 aliphatic heterocycles. The highest BCUT2D eigenvalue weighted by Gasteiger charge is 2.48. The third-order valence-electron chi connectivity index (χ3n) is 6.09. The van der Waals surface area contributed by atoms with Crippen molar-refractivity contribution < 1.29 is 9.18 Å². The van der Waals surface area contributed by atoms with Crippen molar-refractivity contribution in [2.45, 2.75) is 45.3 Å². The predicted octanol–water partition coefficient (Wildman–Crippen LogP) is 3.09. The number of nitrogens with zero attached hydrogens (tertiary/aromatic N) is 5. The predicted molar refractivity (Wildman–Crippen MR) is 115 cm³/mol. The first-order valence-corrected chi connectivity index (χ1v) is 10.4. The van der Waals surface area contributed by atoms with Gasteiger partial charge in [0.25, 0.3) is 0 Å². The van der Waals surface area contributed by atoms with Gasteiger partial charge in [-0.15, -0.1) is 0 Å². The topological polar surface area (TPSA) is 88.0 Å². The van der Waals surface area contributed by atoms with Crippen LogP contribution < -0.4 is 15.5 Å². The number of fused-ring (bicyclic) bond motifs is 3. The van der Waals surface area contributed by atoms with Crippen molar-refractivity contribution >= 4 is 23.4 Å². The van der Waals surface area contributed by atoms with Crippen LogP contribution in [0.4, 0.5) is 21.8 Å². The van der Waals surface area contributed by atoms with Crippen LogP contribution in [-0.4, -0.2) is 37.7 Å². The summed E-state index contributed by atoms with van der Waals surface area (Å²) in [5.41, 5.74) is 2.85. The summed E-state index contributed by atoms with van der Waals surface area (Å²) in [6.45, 7) is 5.75. The van der Waals surface area contributed by atoms with Crippen LogP contribution >= 0.6 is 0 Å². The summed E-state index contributed by atoms with van der Waals surface area (Å²) in [6.07, 6.45) is 5.51. The van der Waals surface area contributed by atoms with Gasteiger partial charge in [-0.05, 0) is 44.4 Å². The molecule has 31 heavy (non-hydrogen) atoms. The zero-order valence-corrected chi connectivity index (χ0v) is 17.5. The fraction of sp³-hybridized carbons (Fsp3) is 0.364. The molecule has 0 unspecified atom stereocenters. The monoisotopic (exact) mass is 421 g/mol. The number of halogens is 1. The van der Waals surface area contributed by atoms with E-state index in [1.807, 2.05) is 24.7 Å². The zero-order chi connectivity index (χ0) is 21.6. The Morgan fingerprint density at radius 3 is 2.84 bits per heavy atom. The summed E-state index contributed by atoms with van der Waals surface area (Å²) in [5, 5.41) is 10.7. The molecule has 1 amide bonds. The number of anilines is 3. The van der Waals surface area contributed by atoms with E-state index >= 15 is 0 Å². The minimum Gasteiger partial charge on any atom is -0.350 e. The minimum atomic E-state index is -0.549. The van der Waals surface area contributed by atoms with Gasteiger partial charge in [-0.25, -0.2) is 9.37 Å². The number of rotatable bonds is 5. The van der Waals surface area contributed by atoms with Gasteiger partial charge in [0.05, 0.1) is 18.4 Å². The van der Waals surface area contributed by atoms with Gasteiger partial charge in [0.1, 0.15) is 17.0 Å². The molecule has 1 aromatic carbocycles. The molecular formula is C22H24FN7O. The van der Waals surface area contributed by atoms with E-state index in [-0.39, 0.29) is 11.7 Å². The summed E-state index contributed by atoms with van der Waals surface area (Å²) in [7, 11) is 0. The van der Waals surface area contributed by atoms with Gasteiger partial charge in [0.15, 0.2) is 5.82 Å². The van der Waals surface area contributed by atoms with Crippen molar-refractivity contribution in [1.82, 2.24) is 19.7 Å². The largest absolute Gasteiger partial charge is 0.350 e. The van der Waals surface area contributed by atoms with Crippen molar-refractivity contribution in [3.05, 3.63) is 59.3 Å². The Morgan fingerprint density at radius 2 is 2.03 bits per heavy atom. The number of nitrogens with one attached hydrogen (secondary N) is 2. The van der Waals surface area contributed by atoms with Crippen LogP contribution in [0.1, 0.15) is 36.6 Å². The summed E-state index contributed by atoms with van der Waals surface area (Å²) < 4.78 is 14.9. The Kier molecular flexibility index (Phi) is 4.60. The van der Waals surface area contributed by atoms with E-state index in [0.29, 0.717) is 24.7 Å². The maximum absolute atomic E-state index is 13.1. The second-order valence-corrected chi connectivity index (χ2v) is 8.34. The van der Waals surface area contributed by atoms with E-state index in [4.69, 9.17) is 4.98 Å². The Morgan fingerprint density at radius 1 is 1.23 bits per heavy atom. The molecule has 1 atom stereocenters. The lowest BCUT2D eigenvalue weighted by Gasteiger charge is -2.40. The molecule has 0 bridgehead atoms. The van der Waals surface area contributed by atoms with Crippen LogP contribution in [0, 0.1) is 12.7 Å². The van der Waals surface area contributed by atoms with Crippen molar-refractivity contribution in [1.29, 1.82) is 0 Å². The fourth-order valence-corrected chi connectivity index (χ4v) is 4.31. The van der Waals surface area contributed by atoms with Gasteiger partial charge in [-0.1, -0.05) is 12.1 Å². The summed E-state index contributed by atoms with van der Waals surface area (Å²) in [4.78, 5) is 24.0. The van der Waals surface area contributed by atoms with Crippen molar-refractivity contribution in [2.75, 3.05) is 22.1 Å². The first kappa shape index (κ1) is 19.5.